The largest absolute Gasteiger partial charge is 0.348 e. The predicted octanol–water partition coefficient (Wildman–Crippen LogP) is 3.29. The molecule has 3 rings (SSSR count). The fraction of sp³-hybridized carbons (Fsp3) is 0.500. The summed E-state index contributed by atoms with van der Waals surface area (Å²) in [5.74, 6) is 0.312. The average molecular weight is 380 g/mol. The lowest BCUT2D eigenvalue weighted by atomic mass is 9.99. The van der Waals surface area contributed by atoms with Crippen molar-refractivity contribution in [2.75, 3.05) is 24.5 Å². The van der Waals surface area contributed by atoms with Crippen molar-refractivity contribution in [3.63, 3.8) is 0 Å². The molecule has 1 aliphatic rings. The van der Waals surface area contributed by atoms with Crippen LogP contribution in [0.15, 0.2) is 40.7 Å². The zero-order valence-corrected chi connectivity index (χ0v) is 16.2. The number of benzene rings is 1. The summed E-state index contributed by atoms with van der Waals surface area (Å²) in [7, 11) is -3.44. The molecule has 5 nitrogen and oxygen atoms in total. The second kappa shape index (κ2) is 8.29. The normalized spacial score (nSPS) is 18.4. The third-order valence-corrected chi connectivity index (χ3v) is 6.81. The van der Waals surface area contributed by atoms with Gasteiger partial charge in [-0.15, -0.1) is 11.3 Å². The van der Waals surface area contributed by atoms with Crippen LogP contribution in [0.3, 0.4) is 0 Å². The van der Waals surface area contributed by atoms with Crippen molar-refractivity contribution in [1.82, 2.24) is 9.71 Å². The van der Waals surface area contributed by atoms with Gasteiger partial charge < -0.3 is 4.90 Å². The van der Waals surface area contributed by atoms with Crippen molar-refractivity contribution in [2.24, 2.45) is 5.92 Å². The third kappa shape index (κ3) is 4.80. The van der Waals surface area contributed by atoms with Crippen LogP contribution in [0.2, 0.25) is 0 Å². The lowest BCUT2D eigenvalue weighted by Crippen LogP contribution is -2.41. The number of rotatable bonds is 7. The highest BCUT2D eigenvalue weighted by Gasteiger charge is 2.23. The van der Waals surface area contributed by atoms with Crippen LogP contribution in [0.4, 0.5) is 5.13 Å². The highest BCUT2D eigenvalue weighted by Crippen LogP contribution is 2.24. The van der Waals surface area contributed by atoms with Gasteiger partial charge in [-0.2, -0.15) is 0 Å². The first-order chi connectivity index (χ1) is 12.1. The molecule has 1 aliphatic heterocycles. The average Bonchev–Trinajstić information content (AvgIpc) is 3.16. The molecule has 136 valence electrons. The topological polar surface area (TPSA) is 62.3 Å². The van der Waals surface area contributed by atoms with Crippen LogP contribution in [-0.4, -0.2) is 33.0 Å². The lowest BCUT2D eigenvalue weighted by Gasteiger charge is -2.32. The third-order valence-electron chi connectivity index (χ3n) is 4.54. The summed E-state index contributed by atoms with van der Waals surface area (Å²) in [4.78, 5) is 6.96. The van der Waals surface area contributed by atoms with Gasteiger partial charge in [0.05, 0.1) is 4.90 Å². The van der Waals surface area contributed by atoms with Gasteiger partial charge in [0.25, 0.3) is 0 Å². The van der Waals surface area contributed by atoms with Gasteiger partial charge in [0.1, 0.15) is 0 Å². The van der Waals surface area contributed by atoms with Gasteiger partial charge in [0, 0.05) is 31.2 Å². The van der Waals surface area contributed by atoms with Crippen molar-refractivity contribution in [1.29, 1.82) is 0 Å². The Morgan fingerprint density at radius 3 is 2.80 bits per heavy atom. The molecular weight excluding hydrogens is 354 g/mol. The molecule has 0 saturated carbocycles. The molecule has 1 fully saturated rings. The van der Waals surface area contributed by atoms with Gasteiger partial charge in [-0.1, -0.05) is 25.5 Å². The van der Waals surface area contributed by atoms with Gasteiger partial charge in [-0.3, -0.25) is 0 Å². The fourth-order valence-corrected chi connectivity index (χ4v) is 5.01. The molecule has 0 radical (unpaired) electrons. The minimum atomic E-state index is -3.44. The quantitative estimate of drug-likeness (QED) is 0.802. The van der Waals surface area contributed by atoms with Crippen molar-refractivity contribution in [3.05, 3.63) is 41.4 Å². The van der Waals surface area contributed by atoms with Gasteiger partial charge in [0.15, 0.2) is 5.13 Å². The van der Waals surface area contributed by atoms with Crippen molar-refractivity contribution in [3.8, 4) is 0 Å². The van der Waals surface area contributed by atoms with Gasteiger partial charge >= 0.3 is 0 Å². The SMILES string of the molecule is CCCc1ccc(S(=O)(=O)NCC2CCCN(c3nccs3)C2)cc1. The monoisotopic (exact) mass is 379 g/mol. The summed E-state index contributed by atoms with van der Waals surface area (Å²) in [5, 5.41) is 3.00. The highest BCUT2D eigenvalue weighted by molar-refractivity contribution is 7.89. The number of nitrogens with zero attached hydrogens (tertiary/aromatic N) is 2. The molecule has 25 heavy (non-hydrogen) atoms. The molecule has 1 aromatic heterocycles. The summed E-state index contributed by atoms with van der Waals surface area (Å²) >= 11 is 1.63. The van der Waals surface area contributed by atoms with E-state index in [-0.39, 0.29) is 0 Å². The Morgan fingerprint density at radius 2 is 2.12 bits per heavy atom. The van der Waals surface area contributed by atoms with E-state index < -0.39 is 10.0 Å². The Hall–Kier alpha value is -1.44. The number of thiazole rings is 1. The number of aryl methyl sites for hydroxylation is 1. The number of hydrogen-bond donors (Lipinski definition) is 1. The molecule has 0 bridgehead atoms. The summed E-state index contributed by atoms with van der Waals surface area (Å²) in [6, 6.07) is 7.22. The van der Waals surface area contributed by atoms with Crippen molar-refractivity contribution >= 4 is 26.5 Å². The van der Waals surface area contributed by atoms with Gasteiger partial charge in [-0.25, -0.2) is 18.1 Å². The van der Waals surface area contributed by atoms with E-state index in [0.717, 1.165) is 43.9 Å². The molecule has 7 heteroatoms. The van der Waals surface area contributed by atoms with E-state index in [1.54, 1.807) is 23.5 Å². The van der Waals surface area contributed by atoms with Crippen LogP contribution in [0.1, 0.15) is 31.7 Å². The smallest absolute Gasteiger partial charge is 0.240 e. The van der Waals surface area contributed by atoms with E-state index in [1.807, 2.05) is 23.7 Å². The number of aromatic nitrogens is 1. The zero-order valence-electron chi connectivity index (χ0n) is 14.5. The van der Waals surface area contributed by atoms with Gasteiger partial charge in [0.2, 0.25) is 10.0 Å². The Labute approximate surface area is 154 Å². The van der Waals surface area contributed by atoms with E-state index in [9.17, 15) is 8.42 Å². The number of nitrogens with one attached hydrogen (secondary N) is 1. The predicted molar refractivity (Wildman–Crippen MR) is 103 cm³/mol. The van der Waals surface area contributed by atoms with E-state index in [1.165, 1.54) is 5.56 Å². The Kier molecular flexibility index (Phi) is 6.09. The Balaban J connectivity index is 1.58. The first kappa shape index (κ1) is 18.4. The van der Waals surface area contributed by atoms with E-state index in [4.69, 9.17) is 0 Å². The molecule has 1 N–H and O–H groups in total. The lowest BCUT2D eigenvalue weighted by molar-refractivity contribution is 0.410. The minimum Gasteiger partial charge on any atom is -0.348 e. The zero-order chi connectivity index (χ0) is 17.7. The first-order valence-corrected chi connectivity index (χ1v) is 11.2. The maximum atomic E-state index is 12.5. The molecular formula is C18H25N3O2S2. The fourth-order valence-electron chi connectivity index (χ4n) is 3.21. The number of anilines is 1. The molecule has 0 spiro atoms. The summed E-state index contributed by atoms with van der Waals surface area (Å²) < 4.78 is 27.8. The number of piperidine rings is 1. The second-order valence-corrected chi connectivity index (χ2v) is 9.15. The molecule has 1 unspecified atom stereocenters. The number of sulfonamides is 1. The highest BCUT2D eigenvalue weighted by atomic mass is 32.2. The van der Waals surface area contributed by atoms with E-state index in [2.05, 4.69) is 21.5 Å². The molecule has 1 saturated heterocycles. The van der Waals surface area contributed by atoms with E-state index >= 15 is 0 Å². The molecule has 0 amide bonds. The maximum absolute atomic E-state index is 12.5. The summed E-state index contributed by atoms with van der Waals surface area (Å²) in [6.07, 6.45) is 5.95. The van der Waals surface area contributed by atoms with Gasteiger partial charge in [-0.05, 0) is 42.9 Å². The molecule has 2 aromatic rings. The van der Waals surface area contributed by atoms with Crippen LogP contribution < -0.4 is 9.62 Å². The molecule has 1 atom stereocenters. The Bertz CT molecular complexity index is 758. The molecule has 0 aliphatic carbocycles. The van der Waals surface area contributed by atoms with Crippen LogP contribution in [0.25, 0.3) is 0 Å². The van der Waals surface area contributed by atoms with Crippen LogP contribution in [0.5, 0.6) is 0 Å². The second-order valence-electron chi connectivity index (χ2n) is 6.51. The summed E-state index contributed by atoms with van der Waals surface area (Å²) in [6.45, 7) is 4.44. The van der Waals surface area contributed by atoms with Crippen LogP contribution >= 0.6 is 11.3 Å². The van der Waals surface area contributed by atoms with E-state index in [0.29, 0.717) is 17.4 Å². The summed E-state index contributed by atoms with van der Waals surface area (Å²) in [5.41, 5.74) is 1.17. The maximum Gasteiger partial charge on any atom is 0.240 e. The van der Waals surface area contributed by atoms with Crippen molar-refractivity contribution in [2.45, 2.75) is 37.5 Å². The standard InChI is InChI=1S/C18H25N3O2S2/c1-2-4-15-6-8-17(9-7-15)25(22,23)20-13-16-5-3-11-21(14-16)18-19-10-12-24-18/h6-10,12,16,20H,2-5,11,13-14H2,1H3. The van der Waals surface area contributed by atoms with Crippen molar-refractivity contribution < 1.29 is 8.42 Å². The Morgan fingerprint density at radius 1 is 1.32 bits per heavy atom. The van der Waals surface area contributed by atoms with Crippen LogP contribution in [0, 0.1) is 5.92 Å². The molecule has 1 aromatic carbocycles. The molecule has 2 heterocycles. The first-order valence-electron chi connectivity index (χ1n) is 8.81. The van der Waals surface area contributed by atoms with Crippen LogP contribution in [-0.2, 0) is 16.4 Å². The number of hydrogen-bond acceptors (Lipinski definition) is 5. The minimum absolute atomic E-state index is 0.312.